The molecule has 1 aromatic carbocycles. The number of carbonyl (C=O) groups is 1. The zero-order valence-corrected chi connectivity index (χ0v) is 8.84. The van der Waals surface area contributed by atoms with Crippen LogP contribution in [0, 0.1) is 0 Å². The van der Waals surface area contributed by atoms with Crippen molar-refractivity contribution in [3.05, 3.63) is 28.8 Å². The van der Waals surface area contributed by atoms with Crippen molar-refractivity contribution in [2.24, 2.45) is 0 Å². The summed E-state index contributed by atoms with van der Waals surface area (Å²) < 4.78 is 0. The van der Waals surface area contributed by atoms with E-state index in [1.165, 1.54) is 0 Å². The molecule has 1 aromatic rings. The maximum Gasteiger partial charge on any atom is 0.231 e. The second-order valence-electron chi connectivity index (χ2n) is 3.50. The van der Waals surface area contributed by atoms with Gasteiger partial charge in [0.25, 0.3) is 0 Å². The van der Waals surface area contributed by atoms with Crippen LogP contribution in [0.4, 0.5) is 5.69 Å². The summed E-state index contributed by atoms with van der Waals surface area (Å²) in [5.41, 5.74) is 2.08. The van der Waals surface area contributed by atoms with Crippen LogP contribution in [0.3, 0.4) is 0 Å². The molecule has 1 heterocycles. The number of anilines is 1. The predicted molar refractivity (Wildman–Crippen MR) is 57.8 cm³/mol. The highest BCUT2D eigenvalue weighted by molar-refractivity contribution is 6.30. The van der Waals surface area contributed by atoms with E-state index in [0.29, 0.717) is 11.4 Å². The van der Waals surface area contributed by atoms with Crippen LogP contribution in [0.1, 0.15) is 18.9 Å². The highest BCUT2D eigenvalue weighted by Gasteiger charge is 2.26. The van der Waals surface area contributed by atoms with Gasteiger partial charge in [-0.1, -0.05) is 18.5 Å². The molecule has 2 nitrogen and oxygen atoms in total. The van der Waals surface area contributed by atoms with Crippen molar-refractivity contribution in [2.45, 2.75) is 19.8 Å². The zero-order valence-electron chi connectivity index (χ0n) is 8.09. The van der Waals surface area contributed by atoms with Gasteiger partial charge in [-0.05, 0) is 30.2 Å². The monoisotopic (exact) mass is 209 g/mol. The van der Waals surface area contributed by atoms with Gasteiger partial charge in [0, 0.05) is 17.3 Å². The lowest BCUT2D eigenvalue weighted by molar-refractivity contribution is -0.117. The molecule has 0 fully saturated rings. The van der Waals surface area contributed by atoms with Gasteiger partial charge in [-0.15, -0.1) is 0 Å². The predicted octanol–water partition coefficient (Wildman–Crippen LogP) is 2.64. The second kappa shape index (κ2) is 3.62. The molecule has 0 radical (unpaired) electrons. The lowest BCUT2D eigenvalue weighted by Gasteiger charge is -2.15. The summed E-state index contributed by atoms with van der Waals surface area (Å²) >= 11 is 5.87. The van der Waals surface area contributed by atoms with E-state index in [2.05, 4.69) is 6.92 Å². The van der Waals surface area contributed by atoms with Crippen LogP contribution in [-0.2, 0) is 11.2 Å². The summed E-state index contributed by atoms with van der Waals surface area (Å²) in [6, 6.07) is 5.64. The van der Waals surface area contributed by atoms with E-state index in [0.717, 1.165) is 24.2 Å². The SMILES string of the molecule is CCCN1C(=O)Cc2cc(Cl)ccc21. The fraction of sp³-hybridized carbons (Fsp3) is 0.364. The van der Waals surface area contributed by atoms with Crippen LogP contribution in [0.5, 0.6) is 0 Å². The highest BCUT2D eigenvalue weighted by atomic mass is 35.5. The van der Waals surface area contributed by atoms with E-state index < -0.39 is 0 Å². The summed E-state index contributed by atoms with van der Waals surface area (Å²) in [6.07, 6.45) is 1.48. The lowest BCUT2D eigenvalue weighted by atomic mass is 10.2. The van der Waals surface area contributed by atoms with Gasteiger partial charge in [0.15, 0.2) is 0 Å². The quantitative estimate of drug-likeness (QED) is 0.734. The van der Waals surface area contributed by atoms with Crippen molar-refractivity contribution in [1.82, 2.24) is 0 Å². The Morgan fingerprint density at radius 2 is 2.29 bits per heavy atom. The van der Waals surface area contributed by atoms with E-state index >= 15 is 0 Å². The minimum Gasteiger partial charge on any atom is -0.312 e. The van der Waals surface area contributed by atoms with Gasteiger partial charge in [0.1, 0.15) is 0 Å². The van der Waals surface area contributed by atoms with Crippen LogP contribution in [0.15, 0.2) is 18.2 Å². The highest BCUT2D eigenvalue weighted by Crippen LogP contribution is 2.30. The average Bonchev–Trinajstić information content (AvgIpc) is 2.43. The lowest BCUT2D eigenvalue weighted by Crippen LogP contribution is -2.27. The topological polar surface area (TPSA) is 20.3 Å². The Kier molecular flexibility index (Phi) is 2.46. The molecular formula is C11H12ClNO. The van der Waals surface area contributed by atoms with Crippen molar-refractivity contribution in [1.29, 1.82) is 0 Å². The number of halogens is 1. The first-order valence-corrected chi connectivity index (χ1v) is 5.19. The van der Waals surface area contributed by atoms with Crippen molar-refractivity contribution in [3.63, 3.8) is 0 Å². The van der Waals surface area contributed by atoms with E-state index in [1.54, 1.807) is 0 Å². The van der Waals surface area contributed by atoms with E-state index in [9.17, 15) is 4.79 Å². The van der Waals surface area contributed by atoms with Gasteiger partial charge in [0.05, 0.1) is 6.42 Å². The van der Waals surface area contributed by atoms with E-state index in [-0.39, 0.29) is 5.91 Å². The average molecular weight is 210 g/mol. The van der Waals surface area contributed by atoms with Crippen molar-refractivity contribution in [3.8, 4) is 0 Å². The fourth-order valence-corrected chi connectivity index (χ4v) is 2.02. The first kappa shape index (κ1) is 9.53. The Hall–Kier alpha value is -1.02. The van der Waals surface area contributed by atoms with Gasteiger partial charge in [-0.3, -0.25) is 4.79 Å². The van der Waals surface area contributed by atoms with Crippen LogP contribution in [-0.4, -0.2) is 12.5 Å². The first-order chi connectivity index (χ1) is 6.72. The number of rotatable bonds is 2. The van der Waals surface area contributed by atoms with Gasteiger partial charge in [-0.2, -0.15) is 0 Å². The molecule has 0 saturated heterocycles. The molecule has 0 aliphatic carbocycles. The number of amides is 1. The van der Waals surface area contributed by atoms with Crippen LogP contribution in [0.25, 0.3) is 0 Å². The molecule has 1 aliphatic rings. The second-order valence-corrected chi connectivity index (χ2v) is 3.93. The Balaban J connectivity index is 2.37. The van der Waals surface area contributed by atoms with Crippen LogP contribution >= 0.6 is 11.6 Å². The molecule has 14 heavy (non-hydrogen) atoms. The number of hydrogen-bond acceptors (Lipinski definition) is 1. The number of carbonyl (C=O) groups excluding carboxylic acids is 1. The fourth-order valence-electron chi connectivity index (χ4n) is 1.82. The molecule has 0 atom stereocenters. The van der Waals surface area contributed by atoms with Gasteiger partial charge >= 0.3 is 0 Å². The summed E-state index contributed by atoms with van der Waals surface area (Å²) in [6.45, 7) is 2.87. The Morgan fingerprint density at radius 1 is 1.50 bits per heavy atom. The number of nitrogens with zero attached hydrogens (tertiary/aromatic N) is 1. The molecule has 1 amide bonds. The normalized spacial score (nSPS) is 14.7. The third kappa shape index (κ3) is 1.50. The van der Waals surface area contributed by atoms with Gasteiger partial charge < -0.3 is 4.90 Å². The molecule has 0 N–H and O–H groups in total. The van der Waals surface area contributed by atoms with Gasteiger partial charge in [0.2, 0.25) is 5.91 Å². The molecule has 0 bridgehead atoms. The molecule has 0 saturated carbocycles. The van der Waals surface area contributed by atoms with Crippen molar-refractivity contribution in [2.75, 3.05) is 11.4 Å². The standard InChI is InChI=1S/C11H12ClNO/c1-2-5-13-10-4-3-9(12)6-8(10)7-11(13)14/h3-4,6H,2,5,7H2,1H3. The maximum atomic E-state index is 11.6. The van der Waals surface area contributed by atoms with E-state index in [4.69, 9.17) is 11.6 Å². The summed E-state index contributed by atoms with van der Waals surface area (Å²) in [7, 11) is 0. The zero-order chi connectivity index (χ0) is 10.1. The maximum absolute atomic E-state index is 11.6. The molecular weight excluding hydrogens is 198 g/mol. The minimum absolute atomic E-state index is 0.184. The number of fused-ring (bicyclic) bond motifs is 1. The smallest absolute Gasteiger partial charge is 0.231 e. The minimum atomic E-state index is 0.184. The Labute approximate surface area is 88.5 Å². The van der Waals surface area contributed by atoms with Crippen LogP contribution < -0.4 is 4.90 Å². The summed E-state index contributed by atoms with van der Waals surface area (Å²) in [5, 5.41) is 0.704. The van der Waals surface area contributed by atoms with Crippen LogP contribution in [0.2, 0.25) is 5.02 Å². The molecule has 0 unspecified atom stereocenters. The molecule has 3 heteroatoms. The summed E-state index contributed by atoms with van der Waals surface area (Å²) in [5.74, 6) is 0.184. The first-order valence-electron chi connectivity index (χ1n) is 4.81. The molecule has 0 aromatic heterocycles. The van der Waals surface area contributed by atoms with Crippen molar-refractivity contribution >= 4 is 23.2 Å². The number of benzene rings is 1. The Morgan fingerprint density at radius 3 is 3.00 bits per heavy atom. The largest absolute Gasteiger partial charge is 0.312 e. The van der Waals surface area contributed by atoms with E-state index in [1.807, 2.05) is 23.1 Å². The molecule has 0 spiro atoms. The summed E-state index contributed by atoms with van der Waals surface area (Å²) in [4.78, 5) is 13.5. The van der Waals surface area contributed by atoms with Gasteiger partial charge in [-0.25, -0.2) is 0 Å². The number of hydrogen-bond donors (Lipinski definition) is 0. The third-order valence-corrected chi connectivity index (χ3v) is 2.66. The molecule has 2 rings (SSSR count). The Bertz CT molecular complexity index is 376. The third-order valence-electron chi connectivity index (χ3n) is 2.42. The van der Waals surface area contributed by atoms with Crippen molar-refractivity contribution < 1.29 is 4.79 Å². The molecule has 74 valence electrons. The molecule has 1 aliphatic heterocycles.